The highest BCUT2D eigenvalue weighted by atomic mass is 16.5. The Morgan fingerprint density at radius 1 is 0.894 bits per heavy atom. The fourth-order valence-corrected chi connectivity index (χ4v) is 11.5. The average molecular weight is 649 g/mol. The summed E-state index contributed by atoms with van der Waals surface area (Å²) in [5.41, 5.74) is 3.72. The number of hydrogen-bond acceptors (Lipinski definition) is 4. The Labute approximate surface area is 287 Å². The molecule has 264 valence electrons. The largest absolute Gasteiger partial charge is 0.504 e. The number of ether oxygens (including phenoxy) is 1. The lowest BCUT2D eigenvalue weighted by Crippen LogP contribution is -2.62. The summed E-state index contributed by atoms with van der Waals surface area (Å²) in [6, 6.07) is 4.52. The Balaban J connectivity index is 0.00000120. The Kier molecular flexibility index (Phi) is 11.2. The third-order valence-corrected chi connectivity index (χ3v) is 14.9. The van der Waals surface area contributed by atoms with Crippen LogP contribution in [-0.4, -0.2) is 22.8 Å². The van der Waals surface area contributed by atoms with Gasteiger partial charge < -0.3 is 14.9 Å². The van der Waals surface area contributed by atoms with Crippen LogP contribution < -0.4 is 0 Å². The molecule has 4 heteroatoms. The molecule has 0 amide bonds. The van der Waals surface area contributed by atoms with Gasteiger partial charge in [-0.3, -0.25) is 0 Å². The van der Waals surface area contributed by atoms with Crippen LogP contribution in [0.4, 0.5) is 0 Å². The van der Waals surface area contributed by atoms with Crippen molar-refractivity contribution in [1.82, 2.24) is 0 Å². The second kappa shape index (κ2) is 13.9. The second-order valence-corrected chi connectivity index (χ2v) is 17.1. The lowest BCUT2D eigenvalue weighted by Gasteiger charge is -2.70. The number of carbonyl (C=O) groups excluding carboxylic acids is 1. The second-order valence-electron chi connectivity index (χ2n) is 17.1. The first kappa shape index (κ1) is 37.6. The normalized spacial score (nSPS) is 42.1. The zero-order chi connectivity index (χ0) is 35.0. The predicted molar refractivity (Wildman–Crippen MR) is 196 cm³/mol. The summed E-state index contributed by atoms with van der Waals surface area (Å²) in [6.07, 6.45) is 18.6. The van der Waals surface area contributed by atoms with Crippen molar-refractivity contribution in [2.24, 2.45) is 56.7 Å². The molecule has 1 aromatic rings. The summed E-state index contributed by atoms with van der Waals surface area (Å²) < 4.78 is 5.87. The van der Waals surface area contributed by atoms with Crippen LogP contribution in [0.3, 0.4) is 0 Å². The Morgan fingerprint density at radius 2 is 1.57 bits per heavy atom. The Bertz CT molecular complexity index is 1330. The number of phenols is 2. The minimum absolute atomic E-state index is 0.0418. The first-order valence-corrected chi connectivity index (χ1v) is 19.2. The smallest absolute Gasteiger partial charge is 0.330 e. The molecule has 6 rings (SSSR count). The molecule has 2 N–H and O–H groups in total. The molecule has 0 bridgehead atoms. The number of phenolic OH excluding ortho intramolecular Hbond substituents is 2. The van der Waals surface area contributed by atoms with Crippen molar-refractivity contribution < 1.29 is 19.7 Å². The zero-order valence-corrected chi connectivity index (χ0v) is 31.8. The van der Waals surface area contributed by atoms with Gasteiger partial charge in [-0.2, -0.15) is 0 Å². The first-order valence-electron chi connectivity index (χ1n) is 19.2. The minimum Gasteiger partial charge on any atom is -0.504 e. The molecule has 47 heavy (non-hydrogen) atoms. The van der Waals surface area contributed by atoms with Crippen LogP contribution in [0.5, 0.6) is 11.5 Å². The van der Waals surface area contributed by atoms with E-state index in [2.05, 4.69) is 54.5 Å². The molecule has 10 atom stereocenters. The van der Waals surface area contributed by atoms with E-state index < -0.39 is 0 Å². The van der Waals surface area contributed by atoms with Gasteiger partial charge in [-0.05, 0) is 139 Å². The van der Waals surface area contributed by atoms with E-state index in [9.17, 15) is 15.0 Å². The van der Waals surface area contributed by atoms with Crippen molar-refractivity contribution in [2.75, 3.05) is 6.61 Å². The van der Waals surface area contributed by atoms with Gasteiger partial charge in [-0.1, -0.05) is 93.9 Å². The van der Waals surface area contributed by atoms with Crippen molar-refractivity contribution in [3.05, 3.63) is 41.5 Å². The minimum atomic E-state index is -0.358. The van der Waals surface area contributed by atoms with Crippen LogP contribution in [0.2, 0.25) is 0 Å². The van der Waals surface area contributed by atoms with Gasteiger partial charge in [-0.25, -0.2) is 4.79 Å². The molecule has 5 aliphatic carbocycles. The molecule has 5 aliphatic rings. The van der Waals surface area contributed by atoms with Crippen molar-refractivity contribution in [3.8, 4) is 11.5 Å². The summed E-state index contributed by atoms with van der Waals surface area (Å²) >= 11 is 0. The van der Waals surface area contributed by atoms with E-state index in [4.69, 9.17) is 4.74 Å². The van der Waals surface area contributed by atoms with E-state index in [0.717, 1.165) is 36.5 Å². The van der Waals surface area contributed by atoms with Gasteiger partial charge in [0.25, 0.3) is 0 Å². The average Bonchev–Trinajstić information content (AvgIpc) is 3.06. The number of allylic oxidation sites excluding steroid dienone is 2. The van der Waals surface area contributed by atoms with Gasteiger partial charge in [0.2, 0.25) is 0 Å². The third kappa shape index (κ3) is 6.45. The Hall–Kier alpha value is -2.23. The maximum Gasteiger partial charge on any atom is 0.330 e. The van der Waals surface area contributed by atoms with Gasteiger partial charge >= 0.3 is 5.97 Å². The molecular formula is C43H68O4. The lowest BCUT2D eigenvalue weighted by atomic mass is 9.34. The molecule has 0 spiro atoms. The first-order chi connectivity index (χ1) is 22.1. The van der Waals surface area contributed by atoms with Crippen LogP contribution >= 0.6 is 0 Å². The van der Waals surface area contributed by atoms with Gasteiger partial charge in [0, 0.05) is 11.5 Å². The van der Waals surface area contributed by atoms with Crippen molar-refractivity contribution >= 4 is 12.0 Å². The van der Waals surface area contributed by atoms with Gasteiger partial charge in [0.05, 0.1) is 6.61 Å². The third-order valence-electron chi connectivity index (χ3n) is 14.9. The zero-order valence-electron chi connectivity index (χ0n) is 31.8. The number of benzene rings is 1. The fraction of sp³-hybridized carbons (Fsp3) is 0.744. The highest BCUT2D eigenvalue weighted by Gasteiger charge is 2.66. The van der Waals surface area contributed by atoms with Crippen LogP contribution in [0, 0.1) is 56.7 Å². The highest BCUT2D eigenvalue weighted by Crippen LogP contribution is 2.75. The van der Waals surface area contributed by atoms with Crippen LogP contribution in [0.25, 0.3) is 6.08 Å². The molecule has 0 aliphatic heterocycles. The van der Waals surface area contributed by atoms with Crippen LogP contribution in [0.15, 0.2) is 35.9 Å². The fourth-order valence-electron chi connectivity index (χ4n) is 11.5. The summed E-state index contributed by atoms with van der Waals surface area (Å²) in [5, 5.41) is 19.3. The molecule has 0 aromatic heterocycles. The number of aromatic hydroxyl groups is 2. The molecular weight excluding hydrogens is 580 g/mol. The molecule has 4 nitrogen and oxygen atoms in total. The van der Waals surface area contributed by atoms with E-state index in [-0.39, 0.29) is 28.3 Å². The molecule has 0 heterocycles. The summed E-state index contributed by atoms with van der Waals surface area (Å²) in [5.74, 6) is 3.14. The van der Waals surface area contributed by atoms with E-state index in [0.29, 0.717) is 34.3 Å². The monoisotopic (exact) mass is 649 g/mol. The summed E-state index contributed by atoms with van der Waals surface area (Å²) in [4.78, 5) is 12.7. The standard InChI is InChI=1S/C39H56O4.2C2H6/c1-25-14-16-37(5)28(26(25)2)15-17-39(7)33(37)12-10-29-30-23-35(3,18-19-36(30,4)20-21-38(29,39)6)24-43-34(42)13-9-27-8-11-31(40)32(41)22-27;2*1-2/h8-11,13,22,25-26,28,30,33,40-41H,12,14-21,23-24H2,1-7H3;2*1-2H3/b13-9+;;. The van der Waals surface area contributed by atoms with Gasteiger partial charge in [-0.15, -0.1) is 0 Å². The maximum atomic E-state index is 12.7. The van der Waals surface area contributed by atoms with Crippen molar-refractivity contribution in [1.29, 1.82) is 0 Å². The van der Waals surface area contributed by atoms with E-state index in [1.165, 1.54) is 69.6 Å². The van der Waals surface area contributed by atoms with Gasteiger partial charge in [0.15, 0.2) is 11.5 Å². The number of fused-ring (bicyclic) bond motifs is 7. The van der Waals surface area contributed by atoms with E-state index in [1.54, 1.807) is 17.7 Å². The molecule has 4 saturated carbocycles. The lowest BCUT2D eigenvalue weighted by molar-refractivity contribution is -0.172. The number of esters is 1. The Morgan fingerprint density at radius 3 is 2.26 bits per heavy atom. The summed E-state index contributed by atoms with van der Waals surface area (Å²) in [6.45, 7) is 26.4. The molecule has 10 unspecified atom stereocenters. The SMILES string of the molecule is CC.CC.CC1CCC2(C)C(CCC3(C)C2CC=C2C4CC(C)(COC(=O)/C=C/c5ccc(O)c(O)c5)CCC4(C)CCC23C)C1C. The van der Waals surface area contributed by atoms with Crippen LogP contribution in [-0.2, 0) is 9.53 Å². The molecule has 4 fully saturated rings. The van der Waals surface area contributed by atoms with E-state index in [1.807, 2.05) is 27.7 Å². The molecule has 1 aromatic carbocycles. The molecule has 0 saturated heterocycles. The van der Waals surface area contributed by atoms with Crippen LogP contribution in [0.1, 0.15) is 146 Å². The number of hydrogen-bond donors (Lipinski definition) is 2. The quantitative estimate of drug-likeness (QED) is 0.148. The molecule has 0 radical (unpaired) electrons. The van der Waals surface area contributed by atoms with Crippen molar-refractivity contribution in [2.45, 2.75) is 140 Å². The van der Waals surface area contributed by atoms with Gasteiger partial charge in [0.1, 0.15) is 0 Å². The number of rotatable bonds is 4. The number of carbonyl (C=O) groups is 1. The summed E-state index contributed by atoms with van der Waals surface area (Å²) in [7, 11) is 0. The maximum absolute atomic E-state index is 12.7. The van der Waals surface area contributed by atoms with E-state index >= 15 is 0 Å². The predicted octanol–water partition coefficient (Wildman–Crippen LogP) is 11.8. The topological polar surface area (TPSA) is 66.8 Å². The van der Waals surface area contributed by atoms with Crippen molar-refractivity contribution in [3.63, 3.8) is 0 Å². The highest BCUT2D eigenvalue weighted by molar-refractivity contribution is 5.87.